The Kier molecular flexibility index (Phi) is 8.36. The molecule has 2 unspecified atom stereocenters. The minimum absolute atomic E-state index is 0.114. The van der Waals surface area contributed by atoms with Gasteiger partial charge in [0.25, 0.3) is 5.91 Å². The third kappa shape index (κ3) is 5.93. The SMILES string of the molecule is CCc1cccc(NC(=O)CSC2=NC(C)=C(C(=O)Nc3ccccc3)C(c3ccsc3)C2C#N)c1. The maximum absolute atomic E-state index is 13.4. The monoisotopic (exact) mass is 514 g/mol. The minimum Gasteiger partial charge on any atom is -0.325 e. The Hall–Kier alpha value is -3.67. The molecule has 36 heavy (non-hydrogen) atoms. The molecule has 0 aliphatic carbocycles. The molecule has 0 saturated heterocycles. The van der Waals surface area contributed by atoms with Crippen molar-refractivity contribution < 1.29 is 9.59 Å². The summed E-state index contributed by atoms with van der Waals surface area (Å²) in [5.74, 6) is -1.50. The average molecular weight is 515 g/mol. The fraction of sp³-hybridized carbons (Fsp3) is 0.214. The number of thiophene rings is 1. The Balaban J connectivity index is 1.57. The van der Waals surface area contributed by atoms with Gasteiger partial charge in [0, 0.05) is 28.6 Å². The molecular weight excluding hydrogens is 488 g/mol. The molecule has 8 heteroatoms. The maximum atomic E-state index is 13.4. The van der Waals surface area contributed by atoms with E-state index in [1.54, 1.807) is 6.92 Å². The lowest BCUT2D eigenvalue weighted by molar-refractivity contribution is -0.114. The van der Waals surface area contributed by atoms with Crippen LogP contribution in [0.2, 0.25) is 0 Å². The highest BCUT2D eigenvalue weighted by Gasteiger charge is 2.39. The van der Waals surface area contributed by atoms with E-state index in [1.165, 1.54) is 23.1 Å². The number of nitrogens with one attached hydrogen (secondary N) is 2. The first kappa shape index (κ1) is 25.4. The van der Waals surface area contributed by atoms with E-state index < -0.39 is 11.8 Å². The number of carbonyl (C=O) groups is 2. The van der Waals surface area contributed by atoms with E-state index in [-0.39, 0.29) is 17.6 Å². The van der Waals surface area contributed by atoms with Crippen molar-refractivity contribution in [1.82, 2.24) is 0 Å². The Morgan fingerprint density at radius 1 is 1.08 bits per heavy atom. The van der Waals surface area contributed by atoms with E-state index in [0.717, 1.165) is 23.2 Å². The molecule has 4 rings (SSSR count). The van der Waals surface area contributed by atoms with Gasteiger partial charge in [-0.15, -0.1) is 0 Å². The van der Waals surface area contributed by atoms with E-state index in [9.17, 15) is 14.9 Å². The van der Waals surface area contributed by atoms with Gasteiger partial charge in [-0.2, -0.15) is 16.6 Å². The number of anilines is 2. The van der Waals surface area contributed by atoms with Crippen molar-refractivity contribution in [2.45, 2.75) is 26.2 Å². The largest absolute Gasteiger partial charge is 0.325 e. The van der Waals surface area contributed by atoms with Gasteiger partial charge in [0.1, 0.15) is 5.92 Å². The number of carbonyl (C=O) groups excluding carboxylic acids is 2. The number of aryl methyl sites for hydroxylation is 1. The van der Waals surface area contributed by atoms with Crippen LogP contribution < -0.4 is 10.6 Å². The van der Waals surface area contributed by atoms with Crippen LogP contribution in [0, 0.1) is 17.2 Å². The molecule has 182 valence electrons. The van der Waals surface area contributed by atoms with Crippen molar-refractivity contribution in [3.63, 3.8) is 0 Å². The van der Waals surface area contributed by atoms with Crippen LogP contribution in [-0.4, -0.2) is 22.6 Å². The molecular formula is C28H26N4O2S2. The molecule has 0 bridgehead atoms. The zero-order valence-electron chi connectivity index (χ0n) is 20.0. The predicted octanol–water partition coefficient (Wildman–Crippen LogP) is 6.23. The van der Waals surface area contributed by atoms with Gasteiger partial charge in [0.05, 0.1) is 16.9 Å². The number of hydrogen-bond acceptors (Lipinski definition) is 6. The van der Waals surface area contributed by atoms with Crippen LogP contribution in [0.1, 0.15) is 30.9 Å². The fourth-order valence-electron chi connectivity index (χ4n) is 4.12. The van der Waals surface area contributed by atoms with Gasteiger partial charge in [0.2, 0.25) is 5.91 Å². The van der Waals surface area contributed by atoms with Crippen LogP contribution in [0.3, 0.4) is 0 Å². The second-order valence-corrected chi connectivity index (χ2v) is 10.1. The van der Waals surface area contributed by atoms with E-state index >= 15 is 0 Å². The first-order valence-electron chi connectivity index (χ1n) is 11.6. The molecule has 0 fully saturated rings. The second-order valence-electron chi connectivity index (χ2n) is 8.30. The molecule has 1 aliphatic heterocycles. The lowest BCUT2D eigenvalue weighted by atomic mass is 9.79. The summed E-state index contributed by atoms with van der Waals surface area (Å²) >= 11 is 2.76. The van der Waals surface area contributed by atoms with E-state index in [1.807, 2.05) is 71.4 Å². The molecule has 6 nitrogen and oxygen atoms in total. The highest BCUT2D eigenvalue weighted by molar-refractivity contribution is 8.14. The van der Waals surface area contributed by atoms with Gasteiger partial charge in [0.15, 0.2) is 0 Å². The summed E-state index contributed by atoms with van der Waals surface area (Å²) in [5, 5.41) is 20.5. The van der Waals surface area contributed by atoms with E-state index in [4.69, 9.17) is 0 Å². The highest BCUT2D eigenvalue weighted by atomic mass is 32.2. The molecule has 1 aromatic heterocycles. The number of benzene rings is 2. The first-order valence-corrected chi connectivity index (χ1v) is 13.5. The van der Waals surface area contributed by atoms with Gasteiger partial charge < -0.3 is 10.6 Å². The molecule has 2 heterocycles. The van der Waals surface area contributed by atoms with Gasteiger partial charge in [-0.1, -0.05) is 49.0 Å². The number of allylic oxidation sites excluding steroid dienone is 1. The van der Waals surface area contributed by atoms with Crippen LogP contribution in [0.4, 0.5) is 11.4 Å². The average Bonchev–Trinajstić information content (AvgIpc) is 3.42. The minimum atomic E-state index is -0.680. The summed E-state index contributed by atoms with van der Waals surface area (Å²) in [7, 11) is 0. The van der Waals surface area contributed by atoms with Crippen molar-refractivity contribution in [3.8, 4) is 6.07 Å². The molecule has 2 amide bonds. The van der Waals surface area contributed by atoms with Crippen LogP contribution >= 0.6 is 23.1 Å². The molecule has 2 aromatic carbocycles. The molecule has 0 radical (unpaired) electrons. The Bertz CT molecular complexity index is 1340. The zero-order chi connectivity index (χ0) is 25.5. The summed E-state index contributed by atoms with van der Waals surface area (Å²) in [4.78, 5) is 30.7. The lowest BCUT2D eigenvalue weighted by Gasteiger charge is -2.29. The van der Waals surface area contributed by atoms with Crippen molar-refractivity contribution in [1.29, 1.82) is 5.26 Å². The van der Waals surface area contributed by atoms with Crippen molar-refractivity contribution in [2.24, 2.45) is 10.9 Å². The number of aliphatic imine (C=N–C) groups is 1. The summed E-state index contributed by atoms with van der Waals surface area (Å²) in [6, 6.07) is 21.2. The molecule has 0 spiro atoms. The van der Waals surface area contributed by atoms with Crippen molar-refractivity contribution in [3.05, 3.63) is 93.8 Å². The smallest absolute Gasteiger partial charge is 0.254 e. The highest BCUT2D eigenvalue weighted by Crippen LogP contribution is 2.42. The second kappa shape index (κ2) is 11.8. The van der Waals surface area contributed by atoms with Gasteiger partial charge in [-0.25, -0.2) is 4.99 Å². The number of amides is 2. The summed E-state index contributed by atoms with van der Waals surface area (Å²) in [5.41, 5.74) is 4.46. The van der Waals surface area contributed by atoms with E-state index in [0.29, 0.717) is 22.0 Å². The van der Waals surface area contributed by atoms with Crippen LogP contribution in [-0.2, 0) is 16.0 Å². The number of hydrogen-bond donors (Lipinski definition) is 2. The fourth-order valence-corrected chi connectivity index (χ4v) is 5.74. The van der Waals surface area contributed by atoms with Crippen LogP contribution in [0.15, 0.2) is 87.7 Å². The summed E-state index contributed by atoms with van der Waals surface area (Å²) in [6.45, 7) is 3.85. The number of nitrogens with zero attached hydrogens (tertiary/aromatic N) is 2. The third-order valence-corrected chi connectivity index (χ3v) is 7.61. The van der Waals surface area contributed by atoms with Gasteiger partial charge >= 0.3 is 0 Å². The van der Waals surface area contributed by atoms with Gasteiger partial charge in [-0.05, 0) is 65.6 Å². The first-order chi connectivity index (χ1) is 17.5. The third-order valence-electron chi connectivity index (χ3n) is 5.87. The van der Waals surface area contributed by atoms with E-state index in [2.05, 4.69) is 28.6 Å². The zero-order valence-corrected chi connectivity index (χ0v) is 21.7. The van der Waals surface area contributed by atoms with Crippen LogP contribution in [0.25, 0.3) is 0 Å². The quantitative estimate of drug-likeness (QED) is 0.391. The maximum Gasteiger partial charge on any atom is 0.254 e. The topological polar surface area (TPSA) is 94.3 Å². The molecule has 2 N–H and O–H groups in total. The number of thioether (sulfide) groups is 1. The number of para-hydroxylation sites is 1. The lowest BCUT2D eigenvalue weighted by Crippen LogP contribution is -2.31. The molecule has 1 aliphatic rings. The van der Waals surface area contributed by atoms with Crippen molar-refractivity contribution >= 4 is 51.3 Å². The van der Waals surface area contributed by atoms with Crippen molar-refractivity contribution in [2.75, 3.05) is 16.4 Å². The standard InChI is InChI=1S/C28H26N4O2S2/c1-3-19-8-7-11-22(14-19)31-24(33)17-36-28-23(15-29)26(20-12-13-35-16-20)25(18(2)30-28)27(34)32-21-9-5-4-6-10-21/h4-14,16,23,26H,3,17H2,1-2H3,(H,31,33)(H,32,34). The Labute approximate surface area is 219 Å². The number of rotatable bonds is 7. The number of nitriles is 1. The Morgan fingerprint density at radius 2 is 1.86 bits per heavy atom. The Morgan fingerprint density at radius 3 is 2.56 bits per heavy atom. The molecule has 0 saturated carbocycles. The summed E-state index contributed by atoms with van der Waals surface area (Å²) < 4.78 is 0. The molecule has 2 atom stereocenters. The van der Waals surface area contributed by atoms with Gasteiger partial charge in [-0.3, -0.25) is 9.59 Å². The predicted molar refractivity (Wildman–Crippen MR) is 148 cm³/mol. The normalized spacial score (nSPS) is 17.2. The van der Waals surface area contributed by atoms with Crippen LogP contribution in [0.5, 0.6) is 0 Å². The summed E-state index contributed by atoms with van der Waals surface area (Å²) in [6.07, 6.45) is 0.884. The molecule has 3 aromatic rings.